The Labute approximate surface area is 121 Å². The topological polar surface area (TPSA) is 102 Å². The van der Waals surface area contributed by atoms with Crippen molar-refractivity contribution >= 4 is 21.9 Å². The van der Waals surface area contributed by atoms with E-state index >= 15 is 0 Å². The summed E-state index contributed by atoms with van der Waals surface area (Å²) in [4.78, 5) is 11.9. The van der Waals surface area contributed by atoms with Gasteiger partial charge in [-0.2, -0.15) is 13.5 Å². The fourth-order valence-electron chi connectivity index (χ4n) is 1.51. The second kappa shape index (κ2) is 6.14. The molecule has 0 fully saturated rings. The number of rotatable bonds is 5. The molecule has 0 aliphatic carbocycles. The third-order valence-electron chi connectivity index (χ3n) is 2.54. The zero-order chi connectivity index (χ0) is 15.3. The summed E-state index contributed by atoms with van der Waals surface area (Å²) in [5, 5.41) is 14.2. The first kappa shape index (κ1) is 14.7. The molecule has 2 aromatic carbocycles. The van der Waals surface area contributed by atoms with E-state index in [2.05, 4.69) is 5.10 Å². The minimum Gasteiger partial charge on any atom is -0.258 e. The number of benzene rings is 2. The van der Waals surface area contributed by atoms with Gasteiger partial charge in [-0.25, -0.2) is 4.83 Å². The zero-order valence-electron chi connectivity index (χ0n) is 10.7. The second-order valence-electron chi connectivity index (χ2n) is 4.01. The molecule has 0 atom stereocenters. The van der Waals surface area contributed by atoms with Crippen LogP contribution < -0.4 is 4.83 Å². The summed E-state index contributed by atoms with van der Waals surface area (Å²) in [6.45, 7) is 0. The number of nitrogens with zero attached hydrogens (tertiary/aromatic N) is 2. The highest BCUT2D eigenvalue weighted by Gasteiger charge is 2.14. The number of hydrogen-bond donors (Lipinski definition) is 1. The van der Waals surface area contributed by atoms with E-state index in [1.165, 1.54) is 6.21 Å². The van der Waals surface area contributed by atoms with Gasteiger partial charge in [0.2, 0.25) is 0 Å². The van der Waals surface area contributed by atoms with Gasteiger partial charge in [-0.3, -0.25) is 10.1 Å². The van der Waals surface area contributed by atoms with Crippen LogP contribution in [0.5, 0.6) is 0 Å². The number of nitro benzene ring substituents is 1. The highest BCUT2D eigenvalue weighted by Crippen LogP contribution is 2.15. The Kier molecular flexibility index (Phi) is 4.29. The van der Waals surface area contributed by atoms with Crippen molar-refractivity contribution in [2.24, 2.45) is 5.10 Å². The summed E-state index contributed by atoms with van der Waals surface area (Å²) in [7, 11) is -3.84. The Morgan fingerprint density at radius 3 is 2.24 bits per heavy atom. The predicted octanol–water partition coefficient (Wildman–Crippen LogP) is 1.91. The van der Waals surface area contributed by atoms with Crippen molar-refractivity contribution in [1.29, 1.82) is 0 Å². The molecule has 7 nitrogen and oxygen atoms in total. The summed E-state index contributed by atoms with van der Waals surface area (Å²) < 4.78 is 23.8. The van der Waals surface area contributed by atoms with Crippen molar-refractivity contribution in [3.63, 3.8) is 0 Å². The van der Waals surface area contributed by atoms with Gasteiger partial charge in [0.05, 0.1) is 16.0 Å². The molecule has 21 heavy (non-hydrogen) atoms. The van der Waals surface area contributed by atoms with Crippen molar-refractivity contribution in [2.45, 2.75) is 4.90 Å². The first-order valence-electron chi connectivity index (χ1n) is 5.83. The van der Waals surface area contributed by atoms with Gasteiger partial charge in [0.25, 0.3) is 15.7 Å². The number of non-ortho nitro benzene ring substituents is 1. The molecular formula is C13H11N3O4S. The van der Waals surface area contributed by atoms with Gasteiger partial charge in [0, 0.05) is 12.1 Å². The molecular weight excluding hydrogens is 294 g/mol. The van der Waals surface area contributed by atoms with Crippen molar-refractivity contribution in [3.05, 3.63) is 70.3 Å². The van der Waals surface area contributed by atoms with Crippen LogP contribution in [0.3, 0.4) is 0 Å². The lowest BCUT2D eigenvalue weighted by Gasteiger charge is -2.02. The van der Waals surface area contributed by atoms with E-state index in [0.717, 1.165) is 29.8 Å². The van der Waals surface area contributed by atoms with Gasteiger partial charge in [-0.05, 0) is 17.7 Å². The standard InChI is InChI=1S/C13H11N3O4S/c17-16(18)12-6-8-13(9-7-12)21(19,20)15-14-10-11-4-2-1-3-5-11/h1-10,15H/b14-10+. The number of hydrogen-bond acceptors (Lipinski definition) is 5. The van der Waals surface area contributed by atoms with Gasteiger partial charge < -0.3 is 0 Å². The lowest BCUT2D eigenvalue weighted by atomic mass is 10.2. The average Bonchev–Trinajstić information content (AvgIpc) is 2.48. The Morgan fingerprint density at radius 1 is 1.05 bits per heavy atom. The molecule has 1 N–H and O–H groups in total. The third-order valence-corrected chi connectivity index (χ3v) is 3.78. The van der Waals surface area contributed by atoms with Crippen molar-refractivity contribution in [3.8, 4) is 0 Å². The van der Waals surface area contributed by atoms with E-state index in [1.807, 2.05) is 10.9 Å². The van der Waals surface area contributed by atoms with E-state index in [1.54, 1.807) is 24.3 Å². The van der Waals surface area contributed by atoms with E-state index in [9.17, 15) is 18.5 Å². The van der Waals surface area contributed by atoms with Crippen LogP contribution >= 0.6 is 0 Å². The molecule has 0 heterocycles. The number of sulfonamides is 1. The number of nitro groups is 1. The van der Waals surface area contributed by atoms with Crippen LogP contribution in [0.25, 0.3) is 0 Å². The summed E-state index contributed by atoms with van der Waals surface area (Å²) in [5.41, 5.74) is 0.561. The van der Waals surface area contributed by atoms with Gasteiger partial charge in [0.15, 0.2) is 0 Å². The van der Waals surface area contributed by atoms with Gasteiger partial charge in [-0.1, -0.05) is 30.3 Å². The second-order valence-corrected chi connectivity index (χ2v) is 5.68. The molecule has 0 saturated carbocycles. The predicted molar refractivity (Wildman–Crippen MR) is 77.5 cm³/mol. The van der Waals surface area contributed by atoms with E-state index in [4.69, 9.17) is 0 Å². The minimum absolute atomic E-state index is 0.0988. The van der Waals surface area contributed by atoms with Crippen LogP contribution in [0.15, 0.2) is 64.6 Å². The Hall–Kier alpha value is -2.74. The van der Waals surface area contributed by atoms with Gasteiger partial charge in [-0.15, -0.1) is 0 Å². The van der Waals surface area contributed by atoms with Crippen LogP contribution in [0, 0.1) is 10.1 Å². The zero-order valence-corrected chi connectivity index (χ0v) is 11.5. The van der Waals surface area contributed by atoms with E-state index in [-0.39, 0.29) is 10.6 Å². The lowest BCUT2D eigenvalue weighted by Crippen LogP contribution is -2.18. The summed E-state index contributed by atoms with van der Waals surface area (Å²) in [5.74, 6) is 0. The molecule has 0 aliphatic rings. The molecule has 0 aromatic heterocycles. The molecule has 2 aromatic rings. The van der Waals surface area contributed by atoms with Crippen molar-refractivity contribution in [1.82, 2.24) is 4.83 Å². The maximum absolute atomic E-state index is 11.9. The molecule has 0 radical (unpaired) electrons. The SMILES string of the molecule is O=[N+]([O-])c1ccc(S(=O)(=O)N/N=C/c2ccccc2)cc1. The Morgan fingerprint density at radius 2 is 1.67 bits per heavy atom. The number of nitrogens with one attached hydrogen (secondary N) is 1. The van der Waals surface area contributed by atoms with Crippen LogP contribution in [-0.4, -0.2) is 19.6 Å². The van der Waals surface area contributed by atoms with Crippen LogP contribution in [0.4, 0.5) is 5.69 Å². The Bertz CT molecular complexity index is 756. The fourth-order valence-corrected chi connectivity index (χ4v) is 2.30. The summed E-state index contributed by atoms with van der Waals surface area (Å²) in [6.07, 6.45) is 1.36. The first-order chi connectivity index (χ1) is 9.99. The van der Waals surface area contributed by atoms with Crippen LogP contribution in [0.1, 0.15) is 5.56 Å². The Balaban J connectivity index is 2.11. The fraction of sp³-hybridized carbons (Fsp3) is 0. The molecule has 108 valence electrons. The molecule has 0 aliphatic heterocycles. The molecule has 0 saturated heterocycles. The highest BCUT2D eigenvalue weighted by molar-refractivity contribution is 7.89. The maximum Gasteiger partial charge on any atom is 0.276 e. The van der Waals surface area contributed by atoms with Gasteiger partial charge >= 0.3 is 0 Å². The number of hydrazone groups is 1. The minimum atomic E-state index is -3.84. The average molecular weight is 305 g/mol. The summed E-state index contributed by atoms with van der Waals surface area (Å²) in [6, 6.07) is 13.5. The molecule has 0 spiro atoms. The van der Waals surface area contributed by atoms with Crippen molar-refractivity contribution in [2.75, 3.05) is 0 Å². The normalized spacial score (nSPS) is 11.4. The smallest absolute Gasteiger partial charge is 0.258 e. The molecule has 0 amide bonds. The first-order valence-corrected chi connectivity index (χ1v) is 7.32. The van der Waals surface area contributed by atoms with E-state index < -0.39 is 14.9 Å². The van der Waals surface area contributed by atoms with E-state index in [0.29, 0.717) is 0 Å². The largest absolute Gasteiger partial charge is 0.276 e. The molecule has 2 rings (SSSR count). The molecule has 0 bridgehead atoms. The monoisotopic (exact) mass is 305 g/mol. The quantitative estimate of drug-likeness (QED) is 0.518. The van der Waals surface area contributed by atoms with Crippen LogP contribution in [0.2, 0.25) is 0 Å². The van der Waals surface area contributed by atoms with Gasteiger partial charge in [0.1, 0.15) is 0 Å². The molecule has 0 unspecified atom stereocenters. The summed E-state index contributed by atoms with van der Waals surface area (Å²) >= 11 is 0. The molecule has 8 heteroatoms. The third kappa shape index (κ3) is 3.86. The highest BCUT2D eigenvalue weighted by atomic mass is 32.2. The van der Waals surface area contributed by atoms with Crippen molar-refractivity contribution < 1.29 is 13.3 Å². The maximum atomic E-state index is 11.9. The lowest BCUT2D eigenvalue weighted by molar-refractivity contribution is -0.384. The van der Waals surface area contributed by atoms with Crippen LogP contribution in [-0.2, 0) is 10.0 Å².